The van der Waals surface area contributed by atoms with Crippen molar-refractivity contribution in [2.24, 2.45) is 5.92 Å². The largest absolute Gasteiger partial charge is 0.326 e. The summed E-state index contributed by atoms with van der Waals surface area (Å²) in [6.07, 6.45) is 1.95. The maximum atomic E-state index is 13.1. The normalized spacial score (nSPS) is 13.0. The van der Waals surface area contributed by atoms with Crippen molar-refractivity contribution in [2.45, 2.75) is 17.7 Å². The Morgan fingerprint density at radius 3 is 2.07 bits per heavy atom. The van der Waals surface area contributed by atoms with E-state index in [0.717, 1.165) is 34.8 Å². The first-order chi connectivity index (χ1) is 14.2. The number of nitrogens with zero attached hydrogens (tertiary/aromatic N) is 1. The Morgan fingerprint density at radius 1 is 0.862 bits per heavy atom. The fourth-order valence-electron chi connectivity index (χ4n) is 3.05. The zero-order valence-electron chi connectivity index (χ0n) is 16.0. The van der Waals surface area contributed by atoms with E-state index in [2.05, 4.69) is 5.32 Å². The first-order valence-corrected chi connectivity index (χ1v) is 10.7. The molecule has 0 aromatic heterocycles. The zero-order chi connectivity index (χ0) is 20.1. The minimum absolute atomic E-state index is 0.000168. The fraction of sp³-hybridized carbons (Fsp3) is 0.167. The van der Waals surface area contributed by atoms with Crippen LogP contribution >= 0.6 is 11.8 Å². The van der Waals surface area contributed by atoms with E-state index in [-0.39, 0.29) is 17.7 Å². The molecule has 0 heterocycles. The lowest BCUT2D eigenvalue weighted by Crippen LogP contribution is -2.27. The predicted octanol–water partition coefficient (Wildman–Crippen LogP) is 5.49. The van der Waals surface area contributed by atoms with Crippen LogP contribution in [0.25, 0.3) is 0 Å². The average molecular weight is 403 g/mol. The Hall–Kier alpha value is -3.05. The van der Waals surface area contributed by atoms with Gasteiger partial charge in [0.25, 0.3) is 0 Å². The van der Waals surface area contributed by atoms with Crippen molar-refractivity contribution in [3.8, 4) is 0 Å². The number of anilines is 3. The quantitative estimate of drug-likeness (QED) is 0.532. The van der Waals surface area contributed by atoms with E-state index in [9.17, 15) is 9.59 Å². The lowest BCUT2D eigenvalue weighted by atomic mass is 10.2. The standard InChI is InChI=1S/C24H22N2O2S/c27-23(26(20-9-3-1-4-10-20)21-11-5-2-6-12-21)17-29-22-13-7-8-19(16-22)25-24(28)18-14-15-18/h1-13,16,18H,14-15,17H2,(H,25,28). The highest BCUT2D eigenvalue weighted by Gasteiger charge is 2.29. The van der Waals surface area contributed by atoms with Crippen LogP contribution in [0.1, 0.15) is 12.8 Å². The Labute approximate surface area is 174 Å². The number of carbonyl (C=O) groups is 2. The summed E-state index contributed by atoms with van der Waals surface area (Å²) in [5, 5.41) is 2.96. The van der Waals surface area contributed by atoms with Gasteiger partial charge in [-0.15, -0.1) is 11.8 Å². The third-order valence-electron chi connectivity index (χ3n) is 4.69. The molecule has 4 rings (SSSR count). The molecule has 0 saturated heterocycles. The molecule has 0 bridgehead atoms. The Kier molecular flexibility index (Phi) is 5.96. The van der Waals surface area contributed by atoms with Crippen molar-refractivity contribution in [3.63, 3.8) is 0 Å². The third kappa shape index (κ3) is 5.06. The van der Waals surface area contributed by atoms with Gasteiger partial charge in [-0.25, -0.2) is 0 Å². The van der Waals surface area contributed by atoms with E-state index in [1.165, 1.54) is 11.8 Å². The van der Waals surface area contributed by atoms with Crippen LogP contribution in [0.4, 0.5) is 17.1 Å². The van der Waals surface area contributed by atoms with E-state index in [1.54, 1.807) is 4.90 Å². The summed E-state index contributed by atoms with van der Waals surface area (Å²) < 4.78 is 0. The molecule has 0 spiro atoms. The molecule has 0 radical (unpaired) electrons. The molecule has 5 heteroatoms. The van der Waals surface area contributed by atoms with E-state index < -0.39 is 0 Å². The molecule has 4 nitrogen and oxygen atoms in total. The smallest absolute Gasteiger partial charge is 0.241 e. The maximum Gasteiger partial charge on any atom is 0.241 e. The van der Waals surface area contributed by atoms with Crippen LogP contribution < -0.4 is 10.2 Å². The van der Waals surface area contributed by atoms with Gasteiger partial charge >= 0.3 is 0 Å². The molecule has 3 aromatic rings. The second-order valence-electron chi connectivity index (χ2n) is 6.98. The molecule has 0 atom stereocenters. The van der Waals surface area contributed by atoms with Gasteiger partial charge < -0.3 is 5.32 Å². The van der Waals surface area contributed by atoms with Crippen molar-refractivity contribution >= 4 is 40.6 Å². The van der Waals surface area contributed by atoms with Crippen molar-refractivity contribution in [1.29, 1.82) is 0 Å². The first kappa shape index (κ1) is 19.3. The summed E-state index contributed by atoms with van der Waals surface area (Å²) in [5.74, 6) is 0.546. The van der Waals surface area contributed by atoms with Gasteiger partial charge in [0.1, 0.15) is 0 Å². The van der Waals surface area contributed by atoms with Crippen LogP contribution in [-0.4, -0.2) is 17.6 Å². The van der Waals surface area contributed by atoms with Crippen molar-refractivity contribution < 1.29 is 9.59 Å². The van der Waals surface area contributed by atoms with E-state index in [0.29, 0.717) is 5.75 Å². The summed E-state index contributed by atoms with van der Waals surface area (Å²) in [7, 11) is 0. The Bertz CT molecular complexity index is 949. The van der Waals surface area contributed by atoms with E-state index in [1.807, 2.05) is 84.9 Å². The van der Waals surface area contributed by atoms with Crippen molar-refractivity contribution in [1.82, 2.24) is 0 Å². The monoisotopic (exact) mass is 402 g/mol. The molecule has 146 valence electrons. The van der Waals surface area contributed by atoms with Gasteiger partial charge in [0, 0.05) is 27.9 Å². The molecular weight excluding hydrogens is 380 g/mol. The molecular formula is C24H22N2O2S. The Balaban J connectivity index is 1.46. The molecule has 29 heavy (non-hydrogen) atoms. The molecule has 1 fully saturated rings. The third-order valence-corrected chi connectivity index (χ3v) is 5.67. The Morgan fingerprint density at radius 2 is 1.48 bits per heavy atom. The van der Waals surface area contributed by atoms with Gasteiger partial charge in [-0.2, -0.15) is 0 Å². The summed E-state index contributed by atoms with van der Waals surface area (Å²) >= 11 is 1.47. The number of rotatable bonds is 7. The average Bonchev–Trinajstić information content (AvgIpc) is 3.60. The van der Waals surface area contributed by atoms with Gasteiger partial charge in [0.05, 0.1) is 5.75 Å². The lowest BCUT2D eigenvalue weighted by Gasteiger charge is -2.23. The number of nitrogens with one attached hydrogen (secondary N) is 1. The molecule has 1 aliphatic carbocycles. The molecule has 1 aliphatic rings. The fourth-order valence-corrected chi connectivity index (χ4v) is 3.86. The number of hydrogen-bond donors (Lipinski definition) is 1. The van der Waals surface area contributed by atoms with Gasteiger partial charge in [-0.3, -0.25) is 14.5 Å². The van der Waals surface area contributed by atoms with Crippen LogP contribution in [0.3, 0.4) is 0 Å². The SMILES string of the molecule is O=C(Nc1cccc(SCC(=O)N(c2ccccc2)c2ccccc2)c1)C1CC1. The summed E-state index contributed by atoms with van der Waals surface area (Å²) in [6, 6.07) is 27.0. The van der Waals surface area contributed by atoms with Gasteiger partial charge in [-0.1, -0.05) is 42.5 Å². The molecule has 1 N–H and O–H groups in total. The lowest BCUT2D eigenvalue weighted by molar-refractivity contribution is -0.117. The highest BCUT2D eigenvalue weighted by atomic mass is 32.2. The minimum Gasteiger partial charge on any atom is -0.326 e. The second kappa shape index (κ2) is 8.97. The number of thioether (sulfide) groups is 1. The van der Waals surface area contributed by atoms with Crippen LogP contribution in [0.5, 0.6) is 0 Å². The van der Waals surface area contributed by atoms with Crippen LogP contribution in [-0.2, 0) is 9.59 Å². The van der Waals surface area contributed by atoms with Crippen molar-refractivity contribution in [3.05, 3.63) is 84.9 Å². The van der Waals surface area contributed by atoms with Crippen LogP contribution in [0, 0.1) is 5.92 Å². The van der Waals surface area contributed by atoms with Crippen LogP contribution in [0.2, 0.25) is 0 Å². The first-order valence-electron chi connectivity index (χ1n) is 9.67. The second-order valence-corrected chi connectivity index (χ2v) is 8.03. The topological polar surface area (TPSA) is 49.4 Å². The number of amides is 2. The molecule has 0 aliphatic heterocycles. The number of carbonyl (C=O) groups excluding carboxylic acids is 2. The van der Waals surface area contributed by atoms with E-state index >= 15 is 0 Å². The molecule has 2 amide bonds. The van der Waals surface area contributed by atoms with Gasteiger partial charge in [-0.05, 0) is 55.3 Å². The molecule has 3 aromatic carbocycles. The predicted molar refractivity (Wildman–Crippen MR) is 119 cm³/mol. The molecule has 1 saturated carbocycles. The summed E-state index contributed by atoms with van der Waals surface area (Å²) in [6.45, 7) is 0. The van der Waals surface area contributed by atoms with Gasteiger partial charge in [0.2, 0.25) is 11.8 Å². The maximum absolute atomic E-state index is 13.1. The van der Waals surface area contributed by atoms with Crippen molar-refractivity contribution in [2.75, 3.05) is 16.0 Å². The summed E-state index contributed by atoms with van der Waals surface area (Å²) in [5.41, 5.74) is 2.46. The number of benzene rings is 3. The van der Waals surface area contributed by atoms with Crippen LogP contribution in [0.15, 0.2) is 89.8 Å². The number of hydrogen-bond acceptors (Lipinski definition) is 3. The number of para-hydroxylation sites is 2. The van der Waals surface area contributed by atoms with E-state index in [4.69, 9.17) is 0 Å². The zero-order valence-corrected chi connectivity index (χ0v) is 16.8. The summed E-state index contributed by atoms with van der Waals surface area (Å²) in [4.78, 5) is 27.8. The highest BCUT2D eigenvalue weighted by molar-refractivity contribution is 8.00. The molecule has 0 unspecified atom stereocenters. The minimum atomic E-state index is -0.000168. The highest BCUT2D eigenvalue weighted by Crippen LogP contribution is 2.31. The van der Waals surface area contributed by atoms with Gasteiger partial charge in [0.15, 0.2) is 0 Å².